The summed E-state index contributed by atoms with van der Waals surface area (Å²) in [4.78, 5) is 13.7. The van der Waals surface area contributed by atoms with Gasteiger partial charge in [-0.3, -0.25) is 4.79 Å². The lowest BCUT2D eigenvalue weighted by molar-refractivity contribution is -0.919. The Labute approximate surface area is 140 Å². The Morgan fingerprint density at radius 1 is 1.26 bits per heavy atom. The molecule has 128 valence electrons. The van der Waals surface area contributed by atoms with Crippen LogP contribution in [0.5, 0.6) is 5.75 Å². The van der Waals surface area contributed by atoms with Crippen molar-refractivity contribution in [2.24, 2.45) is 5.92 Å². The van der Waals surface area contributed by atoms with Crippen LogP contribution >= 0.6 is 0 Å². The first-order valence-electron chi connectivity index (χ1n) is 9.06. The molecule has 1 fully saturated rings. The second-order valence-electron chi connectivity index (χ2n) is 6.39. The minimum Gasteiger partial charge on any atom is -0.493 e. The molecule has 23 heavy (non-hydrogen) atoms. The van der Waals surface area contributed by atoms with Crippen molar-refractivity contribution in [3.05, 3.63) is 29.8 Å². The zero-order valence-electron chi connectivity index (χ0n) is 14.6. The van der Waals surface area contributed by atoms with Gasteiger partial charge in [-0.15, -0.1) is 0 Å². The van der Waals surface area contributed by atoms with Crippen LogP contribution in [-0.2, 0) is 11.3 Å². The van der Waals surface area contributed by atoms with E-state index < -0.39 is 0 Å². The lowest BCUT2D eigenvalue weighted by Crippen LogP contribution is -3.11. The molecule has 0 aliphatic carbocycles. The van der Waals surface area contributed by atoms with Crippen molar-refractivity contribution in [3.8, 4) is 5.75 Å². The topological polar surface area (TPSA) is 42.8 Å². The van der Waals surface area contributed by atoms with E-state index in [0.717, 1.165) is 57.6 Å². The number of ether oxygens (including phenoxy) is 1. The summed E-state index contributed by atoms with van der Waals surface area (Å²) in [5.74, 6) is 1.46. The van der Waals surface area contributed by atoms with Crippen LogP contribution < -0.4 is 15.0 Å². The molecule has 0 unspecified atom stereocenters. The van der Waals surface area contributed by atoms with Crippen molar-refractivity contribution in [1.82, 2.24) is 5.32 Å². The number of likely N-dealkylation sites (tertiary alicyclic amines) is 1. The maximum Gasteiger partial charge on any atom is 0.223 e. The number of unbranched alkanes of at least 4 members (excludes halogenated alkanes) is 1. The largest absolute Gasteiger partial charge is 0.493 e. The van der Waals surface area contributed by atoms with E-state index in [4.69, 9.17) is 4.74 Å². The molecule has 1 aliphatic rings. The number of hydrogen-bond donors (Lipinski definition) is 2. The average molecular weight is 319 g/mol. The average Bonchev–Trinajstić information content (AvgIpc) is 2.58. The predicted octanol–water partition coefficient (Wildman–Crippen LogP) is 1.80. The molecule has 0 saturated carbocycles. The van der Waals surface area contributed by atoms with Crippen molar-refractivity contribution in [1.29, 1.82) is 0 Å². The number of benzene rings is 1. The van der Waals surface area contributed by atoms with Crippen molar-refractivity contribution in [2.45, 2.75) is 46.1 Å². The second-order valence-corrected chi connectivity index (χ2v) is 6.39. The quantitative estimate of drug-likeness (QED) is 0.718. The molecule has 0 atom stereocenters. The summed E-state index contributed by atoms with van der Waals surface area (Å²) in [7, 11) is 0. The minimum absolute atomic E-state index is 0.206. The Hall–Kier alpha value is -1.55. The van der Waals surface area contributed by atoms with Gasteiger partial charge >= 0.3 is 0 Å². The molecule has 0 bridgehead atoms. The molecule has 0 aromatic heterocycles. The van der Waals surface area contributed by atoms with Crippen LogP contribution in [0.3, 0.4) is 0 Å². The summed E-state index contributed by atoms with van der Waals surface area (Å²) >= 11 is 0. The van der Waals surface area contributed by atoms with E-state index in [1.165, 1.54) is 5.56 Å². The molecule has 1 saturated heterocycles. The van der Waals surface area contributed by atoms with Gasteiger partial charge in [0, 0.05) is 30.9 Å². The molecule has 0 spiro atoms. The molecule has 4 heteroatoms. The fraction of sp³-hybridized carbons (Fsp3) is 0.632. The molecule has 1 aliphatic heterocycles. The van der Waals surface area contributed by atoms with Gasteiger partial charge in [-0.1, -0.05) is 25.5 Å². The van der Waals surface area contributed by atoms with Crippen LogP contribution in [0.25, 0.3) is 0 Å². The lowest BCUT2D eigenvalue weighted by Gasteiger charge is -2.29. The Morgan fingerprint density at radius 2 is 2.00 bits per heavy atom. The van der Waals surface area contributed by atoms with E-state index >= 15 is 0 Å². The number of para-hydroxylation sites is 1. The van der Waals surface area contributed by atoms with E-state index in [-0.39, 0.29) is 11.8 Å². The summed E-state index contributed by atoms with van der Waals surface area (Å²) in [6.45, 7) is 8.80. The number of hydrogen-bond acceptors (Lipinski definition) is 2. The van der Waals surface area contributed by atoms with Gasteiger partial charge in [0.1, 0.15) is 12.3 Å². The van der Waals surface area contributed by atoms with E-state index in [1.54, 1.807) is 4.90 Å². The van der Waals surface area contributed by atoms with Crippen molar-refractivity contribution < 1.29 is 14.4 Å². The van der Waals surface area contributed by atoms with Gasteiger partial charge in [-0.05, 0) is 25.5 Å². The molecule has 1 aromatic rings. The lowest BCUT2D eigenvalue weighted by atomic mass is 9.95. The monoisotopic (exact) mass is 319 g/mol. The van der Waals surface area contributed by atoms with Crippen LogP contribution in [0.15, 0.2) is 24.3 Å². The molecule has 1 aromatic carbocycles. The highest BCUT2D eigenvalue weighted by Crippen LogP contribution is 2.17. The van der Waals surface area contributed by atoms with Crippen LogP contribution in [0.2, 0.25) is 0 Å². The Morgan fingerprint density at radius 3 is 2.70 bits per heavy atom. The number of carbonyl (C=O) groups is 1. The fourth-order valence-electron chi connectivity index (χ4n) is 3.21. The third-order valence-corrected chi connectivity index (χ3v) is 4.61. The van der Waals surface area contributed by atoms with Gasteiger partial charge in [0.15, 0.2) is 0 Å². The van der Waals surface area contributed by atoms with Gasteiger partial charge in [-0.2, -0.15) is 0 Å². The maximum absolute atomic E-state index is 12.1. The first-order chi connectivity index (χ1) is 11.2. The zero-order chi connectivity index (χ0) is 16.5. The van der Waals surface area contributed by atoms with Crippen LogP contribution in [-0.4, -0.2) is 32.1 Å². The van der Waals surface area contributed by atoms with Crippen molar-refractivity contribution in [2.75, 3.05) is 26.2 Å². The number of carbonyl (C=O) groups excluding carboxylic acids is 1. The van der Waals surface area contributed by atoms with E-state index in [1.807, 2.05) is 19.1 Å². The van der Waals surface area contributed by atoms with Gasteiger partial charge in [0.25, 0.3) is 0 Å². The van der Waals surface area contributed by atoms with Crippen molar-refractivity contribution in [3.63, 3.8) is 0 Å². The number of quaternary nitrogens is 1. The summed E-state index contributed by atoms with van der Waals surface area (Å²) in [5, 5.41) is 3.08. The van der Waals surface area contributed by atoms with Crippen LogP contribution in [0.1, 0.15) is 45.1 Å². The first kappa shape index (κ1) is 17.8. The highest BCUT2D eigenvalue weighted by molar-refractivity contribution is 5.78. The highest BCUT2D eigenvalue weighted by atomic mass is 16.5. The standard InChI is InChI=1S/C19H30N2O2/c1-3-5-12-20-19(22)16-10-13-21(14-11-16)15-17-8-6-7-9-18(17)23-4-2/h6-9,16H,3-5,10-15H2,1-2H3,(H,20,22)/p+1. The number of amides is 1. The molecule has 2 rings (SSSR count). The maximum atomic E-state index is 12.1. The number of piperidine rings is 1. The molecule has 2 N–H and O–H groups in total. The van der Waals surface area contributed by atoms with Gasteiger partial charge in [-0.25, -0.2) is 0 Å². The van der Waals surface area contributed by atoms with Crippen molar-refractivity contribution >= 4 is 5.91 Å². The molecule has 0 radical (unpaired) electrons. The molecular weight excluding hydrogens is 288 g/mol. The smallest absolute Gasteiger partial charge is 0.223 e. The molecule has 4 nitrogen and oxygen atoms in total. The fourth-order valence-corrected chi connectivity index (χ4v) is 3.21. The molecule has 1 heterocycles. The number of rotatable bonds is 8. The van der Waals surface area contributed by atoms with Gasteiger partial charge in [0.2, 0.25) is 5.91 Å². The Balaban J connectivity index is 1.80. The Kier molecular flexibility index (Phi) is 7.40. The van der Waals surface area contributed by atoms with Gasteiger partial charge < -0.3 is 15.0 Å². The zero-order valence-corrected chi connectivity index (χ0v) is 14.6. The third-order valence-electron chi connectivity index (χ3n) is 4.61. The summed E-state index contributed by atoms with van der Waals surface area (Å²) in [6.07, 6.45) is 4.18. The summed E-state index contributed by atoms with van der Waals surface area (Å²) in [6, 6.07) is 8.30. The van der Waals surface area contributed by atoms with Crippen LogP contribution in [0.4, 0.5) is 0 Å². The SMILES string of the molecule is CCCCNC(=O)C1CC[NH+](Cc2ccccc2OCC)CC1. The summed E-state index contributed by atoms with van der Waals surface area (Å²) < 4.78 is 5.72. The first-order valence-corrected chi connectivity index (χ1v) is 9.06. The van der Waals surface area contributed by atoms with Crippen LogP contribution in [0, 0.1) is 5.92 Å². The summed E-state index contributed by atoms with van der Waals surface area (Å²) in [5.41, 5.74) is 1.27. The van der Waals surface area contributed by atoms with E-state index in [9.17, 15) is 4.79 Å². The third kappa shape index (κ3) is 5.54. The normalized spacial score (nSPS) is 21.0. The molecule has 1 amide bonds. The van der Waals surface area contributed by atoms with E-state index in [2.05, 4.69) is 24.4 Å². The predicted molar refractivity (Wildman–Crippen MR) is 92.7 cm³/mol. The van der Waals surface area contributed by atoms with Gasteiger partial charge in [0.05, 0.1) is 19.7 Å². The minimum atomic E-state index is 0.206. The number of nitrogens with one attached hydrogen (secondary N) is 2. The highest BCUT2D eigenvalue weighted by Gasteiger charge is 2.27. The van der Waals surface area contributed by atoms with E-state index in [0.29, 0.717) is 6.61 Å². The Bertz CT molecular complexity index is 482. The molecular formula is C19H31N2O2+. The second kappa shape index (κ2) is 9.56.